The van der Waals surface area contributed by atoms with Gasteiger partial charge in [0.15, 0.2) is 11.5 Å². The number of aromatic nitrogens is 3. The zero-order chi connectivity index (χ0) is 21.3. The summed E-state index contributed by atoms with van der Waals surface area (Å²) in [7, 11) is 0. The third kappa shape index (κ3) is 4.40. The Kier molecular flexibility index (Phi) is 5.38. The second kappa shape index (κ2) is 7.98. The number of rotatable bonds is 3. The molecular weight excluding hydrogens is 400 g/mol. The maximum absolute atomic E-state index is 13.5. The summed E-state index contributed by atoms with van der Waals surface area (Å²) in [6.07, 6.45) is -3.86. The van der Waals surface area contributed by atoms with E-state index in [9.17, 15) is 17.6 Å². The molecule has 0 N–H and O–H groups in total. The smallest absolute Gasteiger partial charge is 0.367 e. The van der Waals surface area contributed by atoms with Crippen LogP contribution >= 0.6 is 0 Å². The Morgan fingerprint density at radius 3 is 2.47 bits per heavy atom. The fourth-order valence-corrected chi connectivity index (χ4v) is 3.35. The van der Waals surface area contributed by atoms with Crippen LogP contribution in [0.2, 0.25) is 0 Å². The first kappa shape index (κ1) is 20.2. The first-order chi connectivity index (χ1) is 14.3. The summed E-state index contributed by atoms with van der Waals surface area (Å²) in [5, 5.41) is 0. The predicted molar refractivity (Wildman–Crippen MR) is 102 cm³/mol. The highest BCUT2D eigenvalue weighted by atomic mass is 19.4. The molecular formula is C21H18F4N4O. The van der Waals surface area contributed by atoms with Gasteiger partial charge in [0, 0.05) is 25.4 Å². The van der Waals surface area contributed by atoms with E-state index in [0.717, 1.165) is 11.6 Å². The number of alkyl halides is 3. The van der Waals surface area contributed by atoms with E-state index in [4.69, 9.17) is 4.74 Å². The van der Waals surface area contributed by atoms with E-state index in [0.29, 0.717) is 6.54 Å². The van der Waals surface area contributed by atoms with Gasteiger partial charge >= 0.3 is 6.18 Å². The van der Waals surface area contributed by atoms with Crippen molar-refractivity contribution in [2.24, 2.45) is 0 Å². The van der Waals surface area contributed by atoms with Crippen molar-refractivity contribution in [2.45, 2.75) is 25.3 Å². The van der Waals surface area contributed by atoms with Gasteiger partial charge in [-0.15, -0.1) is 0 Å². The van der Waals surface area contributed by atoms with E-state index in [-0.39, 0.29) is 35.8 Å². The van der Waals surface area contributed by atoms with Crippen molar-refractivity contribution in [3.05, 3.63) is 71.8 Å². The van der Waals surface area contributed by atoms with Crippen molar-refractivity contribution in [1.82, 2.24) is 15.0 Å². The third-order valence-corrected chi connectivity index (χ3v) is 4.72. The zero-order valence-corrected chi connectivity index (χ0v) is 16.0. The van der Waals surface area contributed by atoms with Gasteiger partial charge in [-0.05, 0) is 36.8 Å². The lowest BCUT2D eigenvalue weighted by atomic mass is 10.1. The Hall–Kier alpha value is -3.07. The molecule has 30 heavy (non-hydrogen) atoms. The molecule has 0 amide bonds. The lowest BCUT2D eigenvalue weighted by molar-refractivity contribution is -0.141. The fourth-order valence-electron chi connectivity index (χ4n) is 3.35. The highest BCUT2D eigenvalue weighted by Crippen LogP contribution is 2.33. The molecule has 5 nitrogen and oxygen atoms in total. The van der Waals surface area contributed by atoms with Gasteiger partial charge < -0.3 is 9.64 Å². The molecule has 156 valence electrons. The number of ether oxygens (including phenoxy) is 1. The first-order valence-electron chi connectivity index (χ1n) is 9.33. The number of halogens is 4. The molecule has 0 aliphatic carbocycles. The van der Waals surface area contributed by atoms with Crippen molar-refractivity contribution < 1.29 is 22.3 Å². The summed E-state index contributed by atoms with van der Waals surface area (Å²) in [6.45, 7) is 2.45. The van der Waals surface area contributed by atoms with Gasteiger partial charge in [-0.3, -0.25) is 4.98 Å². The minimum atomic E-state index is -4.63. The van der Waals surface area contributed by atoms with Crippen LogP contribution in [0.4, 0.5) is 23.4 Å². The number of pyridine rings is 1. The maximum Gasteiger partial charge on any atom is 0.433 e. The first-order valence-corrected chi connectivity index (χ1v) is 9.33. The molecule has 1 saturated heterocycles. The Bertz CT molecular complexity index is 1010. The molecule has 1 aliphatic heterocycles. The van der Waals surface area contributed by atoms with Crippen LogP contribution in [0.3, 0.4) is 0 Å². The molecule has 1 aromatic carbocycles. The molecule has 0 saturated carbocycles. The molecule has 1 fully saturated rings. The normalized spacial score (nSPS) is 19.7. The quantitative estimate of drug-likeness (QED) is 0.579. The van der Waals surface area contributed by atoms with E-state index < -0.39 is 18.0 Å². The number of benzene rings is 1. The van der Waals surface area contributed by atoms with Crippen LogP contribution < -0.4 is 4.90 Å². The number of morpholine rings is 1. The summed E-state index contributed by atoms with van der Waals surface area (Å²) in [5.41, 5.74) is -0.0464. The summed E-state index contributed by atoms with van der Waals surface area (Å²) < 4.78 is 59.7. The van der Waals surface area contributed by atoms with Gasteiger partial charge in [0.1, 0.15) is 23.4 Å². The maximum atomic E-state index is 13.5. The zero-order valence-electron chi connectivity index (χ0n) is 16.0. The Morgan fingerprint density at radius 1 is 1.03 bits per heavy atom. The van der Waals surface area contributed by atoms with Crippen LogP contribution in [0, 0.1) is 5.82 Å². The minimum Gasteiger partial charge on any atom is -0.367 e. The summed E-state index contributed by atoms with van der Waals surface area (Å²) in [5.74, 6) is -0.330. The monoisotopic (exact) mass is 418 g/mol. The number of anilines is 1. The Morgan fingerprint density at radius 2 is 1.80 bits per heavy atom. The van der Waals surface area contributed by atoms with Gasteiger partial charge in [0.25, 0.3) is 0 Å². The highest BCUT2D eigenvalue weighted by molar-refractivity contribution is 5.54. The number of hydrogen-bond donors (Lipinski definition) is 0. The molecule has 0 radical (unpaired) electrons. The molecule has 9 heteroatoms. The van der Waals surface area contributed by atoms with Gasteiger partial charge in [0.2, 0.25) is 0 Å². The van der Waals surface area contributed by atoms with Crippen LogP contribution in [0.15, 0.2) is 54.7 Å². The SMILES string of the molecule is CC1CN(c2cc(C(F)(F)F)nc(-c3ccccn3)n2)CC(c2ccc(F)cc2)O1. The van der Waals surface area contributed by atoms with Gasteiger partial charge in [-0.25, -0.2) is 14.4 Å². The van der Waals surface area contributed by atoms with Crippen molar-refractivity contribution in [3.8, 4) is 11.5 Å². The van der Waals surface area contributed by atoms with E-state index in [1.165, 1.54) is 18.3 Å². The third-order valence-electron chi connectivity index (χ3n) is 4.72. The summed E-state index contributed by atoms with van der Waals surface area (Å²) in [6, 6.07) is 11.7. The predicted octanol–water partition coefficient (Wildman–Crippen LogP) is 4.66. The molecule has 1 aliphatic rings. The van der Waals surface area contributed by atoms with Crippen LogP contribution in [0.5, 0.6) is 0 Å². The number of nitrogens with zero attached hydrogens (tertiary/aromatic N) is 4. The van der Waals surface area contributed by atoms with Crippen LogP contribution in [-0.4, -0.2) is 34.1 Å². The molecule has 4 rings (SSSR count). The largest absolute Gasteiger partial charge is 0.433 e. The lowest BCUT2D eigenvalue weighted by Crippen LogP contribution is -2.43. The molecule has 3 heterocycles. The summed E-state index contributed by atoms with van der Waals surface area (Å²) in [4.78, 5) is 13.8. The highest BCUT2D eigenvalue weighted by Gasteiger charge is 2.35. The second-order valence-electron chi connectivity index (χ2n) is 7.04. The Labute approximate surface area is 170 Å². The van der Waals surface area contributed by atoms with E-state index in [1.54, 1.807) is 35.2 Å². The fraction of sp³-hybridized carbons (Fsp3) is 0.286. The topological polar surface area (TPSA) is 51.1 Å². The van der Waals surface area contributed by atoms with Crippen molar-refractivity contribution in [1.29, 1.82) is 0 Å². The average molecular weight is 418 g/mol. The van der Waals surface area contributed by atoms with E-state index in [1.807, 2.05) is 6.92 Å². The lowest BCUT2D eigenvalue weighted by Gasteiger charge is -2.38. The molecule has 2 unspecified atom stereocenters. The Balaban J connectivity index is 1.71. The van der Waals surface area contributed by atoms with Crippen LogP contribution in [0.1, 0.15) is 24.3 Å². The standard InChI is InChI=1S/C21H18F4N4O/c1-13-11-29(12-17(30-13)14-5-7-15(22)8-6-14)19-10-18(21(23,24)25)27-20(28-19)16-4-2-3-9-26-16/h2-10,13,17H,11-12H2,1H3. The molecule has 3 aromatic rings. The second-order valence-corrected chi connectivity index (χ2v) is 7.04. The van der Waals surface area contributed by atoms with Gasteiger partial charge in [-0.2, -0.15) is 13.2 Å². The molecule has 0 spiro atoms. The average Bonchev–Trinajstić information content (AvgIpc) is 2.73. The van der Waals surface area contributed by atoms with Gasteiger partial charge in [-0.1, -0.05) is 18.2 Å². The van der Waals surface area contributed by atoms with Gasteiger partial charge in [0.05, 0.1) is 6.10 Å². The molecule has 0 bridgehead atoms. The van der Waals surface area contributed by atoms with Crippen molar-refractivity contribution in [2.75, 3.05) is 18.0 Å². The molecule has 2 aromatic heterocycles. The minimum absolute atomic E-state index is 0.0992. The van der Waals surface area contributed by atoms with E-state index in [2.05, 4.69) is 15.0 Å². The van der Waals surface area contributed by atoms with Crippen LogP contribution in [0.25, 0.3) is 11.5 Å². The van der Waals surface area contributed by atoms with Crippen LogP contribution in [-0.2, 0) is 10.9 Å². The van der Waals surface area contributed by atoms with E-state index >= 15 is 0 Å². The number of hydrogen-bond acceptors (Lipinski definition) is 5. The van der Waals surface area contributed by atoms with Crippen molar-refractivity contribution >= 4 is 5.82 Å². The van der Waals surface area contributed by atoms with Crippen molar-refractivity contribution in [3.63, 3.8) is 0 Å². The summed E-state index contributed by atoms with van der Waals surface area (Å²) >= 11 is 0. The molecule has 2 atom stereocenters.